The molecule has 0 saturated heterocycles. The molecule has 0 fully saturated rings. The number of benzene rings is 2. The molecule has 52 heavy (non-hydrogen) atoms. The van der Waals surface area contributed by atoms with E-state index in [-0.39, 0.29) is 55.7 Å². The van der Waals surface area contributed by atoms with Gasteiger partial charge in [-0.2, -0.15) is 5.21 Å². The van der Waals surface area contributed by atoms with Gasteiger partial charge in [0.1, 0.15) is 17.7 Å². The molecule has 4 rings (SSSR count). The second-order valence-electron chi connectivity index (χ2n) is 12.9. The summed E-state index contributed by atoms with van der Waals surface area (Å²) in [5.74, 6) is 0.154. The van der Waals surface area contributed by atoms with Crippen LogP contribution >= 0.6 is 0 Å². The number of amides is 1. The maximum Gasteiger partial charge on any atom is 0.328 e. The largest absolute Gasteiger partial charge is 0.464 e. The second-order valence-corrected chi connectivity index (χ2v) is 14.4. The Kier molecular flexibility index (Phi) is 13.0. The third kappa shape index (κ3) is 9.63. The van der Waals surface area contributed by atoms with E-state index in [0.717, 1.165) is 11.6 Å². The first-order chi connectivity index (χ1) is 24.6. The Labute approximate surface area is 302 Å². The van der Waals surface area contributed by atoms with Gasteiger partial charge in [-0.25, -0.2) is 14.2 Å². The molecule has 2 heterocycles. The molecule has 2 aromatic carbocycles. The highest BCUT2D eigenvalue weighted by Crippen LogP contribution is 2.24. The molecule has 0 aliphatic carbocycles. The highest BCUT2D eigenvalue weighted by Gasteiger charge is 2.26. The zero-order valence-corrected chi connectivity index (χ0v) is 30.6. The summed E-state index contributed by atoms with van der Waals surface area (Å²) in [5, 5.41) is 15.8. The quantitative estimate of drug-likeness (QED) is 0.134. The van der Waals surface area contributed by atoms with Gasteiger partial charge in [-0.15, -0.1) is 11.5 Å². The summed E-state index contributed by atoms with van der Waals surface area (Å²) in [7, 11) is -1.57. The maximum atomic E-state index is 15.6. The van der Waals surface area contributed by atoms with Crippen molar-refractivity contribution in [3.8, 4) is 12.3 Å². The van der Waals surface area contributed by atoms with E-state index in [4.69, 9.17) is 15.9 Å². The third-order valence-electron chi connectivity index (χ3n) is 7.97. The Morgan fingerprint density at radius 3 is 2.56 bits per heavy atom. The Bertz CT molecular complexity index is 2070. The van der Waals surface area contributed by atoms with E-state index in [2.05, 4.69) is 36.8 Å². The van der Waals surface area contributed by atoms with Gasteiger partial charge in [-0.1, -0.05) is 11.0 Å². The van der Waals surface area contributed by atoms with Crippen molar-refractivity contribution in [2.24, 2.45) is 5.41 Å². The minimum Gasteiger partial charge on any atom is -0.464 e. The molecule has 15 nitrogen and oxygen atoms in total. The van der Waals surface area contributed by atoms with Crippen LogP contribution in [-0.2, 0) is 43.1 Å². The molecule has 17 heteroatoms. The van der Waals surface area contributed by atoms with E-state index in [1.165, 1.54) is 16.7 Å². The van der Waals surface area contributed by atoms with Crippen LogP contribution in [0.15, 0.2) is 40.3 Å². The van der Waals surface area contributed by atoms with Crippen molar-refractivity contribution < 1.29 is 32.5 Å². The maximum absolute atomic E-state index is 15.6. The molecule has 1 amide bonds. The average Bonchev–Trinajstić information content (AvgIpc) is 3.63. The highest BCUT2D eigenvalue weighted by atomic mass is 32.2. The van der Waals surface area contributed by atoms with E-state index in [9.17, 15) is 23.4 Å². The SMILES string of the molecule is C#CCN(Cc1cc2c(=O)n(COC(=O)C(C)(C)C)c(C)nc2cc1C)c1ccc(C(=O)N[C@@H](CCCS(=O)c2nn[nH]n2)C(=O)OCC)c(F)c1. The summed E-state index contributed by atoms with van der Waals surface area (Å²) in [5.41, 5.74) is 0.894. The lowest BCUT2D eigenvalue weighted by atomic mass is 9.98. The first kappa shape index (κ1) is 39.3. The number of tetrazole rings is 1. The Balaban J connectivity index is 1.53. The second kappa shape index (κ2) is 17.1. The summed E-state index contributed by atoms with van der Waals surface area (Å²) in [4.78, 5) is 58.0. The Hall–Kier alpha value is -5.50. The molecule has 0 spiro atoms. The minimum atomic E-state index is -1.57. The standard InChI is InChI=1S/C35H41FN8O7S/c1-8-14-43(19-23-17-26-29(16-21(23)3)37-22(4)44(31(26)46)20-51-33(48)35(5,6)7)24-12-13-25(27(36)18-24)30(45)38-28(32(47)50-9-2)11-10-15-52(49)34-39-41-42-40-34/h1,12-13,16-18,28H,9-11,14-15,19-20H2,2-7H3,(H,38,45)(H,39,40,41,42)/t28-,52?/m0/s1. The fraction of sp³-hybridized carbons (Fsp3) is 0.429. The number of anilines is 1. The molecule has 1 unspecified atom stereocenters. The van der Waals surface area contributed by atoms with Crippen LogP contribution in [-0.4, -0.2) is 77.2 Å². The number of nitrogens with one attached hydrogen (secondary N) is 2. The Morgan fingerprint density at radius 1 is 1.17 bits per heavy atom. The lowest BCUT2D eigenvalue weighted by Gasteiger charge is -2.24. The van der Waals surface area contributed by atoms with Gasteiger partial charge >= 0.3 is 11.9 Å². The van der Waals surface area contributed by atoms with Crippen molar-refractivity contribution >= 4 is 45.2 Å². The van der Waals surface area contributed by atoms with Gasteiger partial charge in [0, 0.05) is 18.0 Å². The molecule has 2 atom stereocenters. The molecule has 0 aliphatic rings. The van der Waals surface area contributed by atoms with Gasteiger partial charge in [0.15, 0.2) is 6.73 Å². The van der Waals surface area contributed by atoms with Gasteiger partial charge in [0.2, 0.25) is 0 Å². The van der Waals surface area contributed by atoms with E-state index in [0.29, 0.717) is 28.0 Å². The van der Waals surface area contributed by atoms with Crippen molar-refractivity contribution in [3.63, 3.8) is 0 Å². The highest BCUT2D eigenvalue weighted by molar-refractivity contribution is 7.84. The zero-order chi connectivity index (χ0) is 38.2. The van der Waals surface area contributed by atoms with Crippen molar-refractivity contribution in [2.75, 3.05) is 23.8 Å². The predicted molar refractivity (Wildman–Crippen MR) is 190 cm³/mol. The van der Waals surface area contributed by atoms with Crippen LogP contribution in [0.4, 0.5) is 10.1 Å². The summed E-state index contributed by atoms with van der Waals surface area (Å²) in [6, 6.07) is 6.31. The van der Waals surface area contributed by atoms with Crippen molar-refractivity contribution in [3.05, 3.63) is 69.0 Å². The molecule has 276 valence electrons. The molecular weight excluding hydrogens is 695 g/mol. The Morgan fingerprint density at radius 2 is 1.92 bits per heavy atom. The van der Waals surface area contributed by atoms with Gasteiger partial charge < -0.3 is 19.7 Å². The van der Waals surface area contributed by atoms with Crippen LogP contribution in [0.3, 0.4) is 0 Å². The first-order valence-corrected chi connectivity index (χ1v) is 17.7. The van der Waals surface area contributed by atoms with Crippen molar-refractivity contribution in [1.82, 2.24) is 35.5 Å². The van der Waals surface area contributed by atoms with Gasteiger partial charge in [-0.05, 0) is 101 Å². The topological polar surface area (TPSA) is 191 Å². The number of carbonyl (C=O) groups is 3. The number of halogens is 1. The molecular formula is C35H41FN8O7S. The summed E-state index contributed by atoms with van der Waals surface area (Å²) in [6.45, 7) is 10.3. The predicted octanol–water partition coefficient (Wildman–Crippen LogP) is 3.10. The molecule has 0 bridgehead atoms. The molecule has 0 radical (unpaired) electrons. The number of hydrogen-bond acceptors (Lipinski definition) is 12. The average molecular weight is 737 g/mol. The summed E-state index contributed by atoms with van der Waals surface area (Å²) >= 11 is 0. The van der Waals surface area contributed by atoms with Crippen LogP contribution in [0, 0.1) is 37.4 Å². The first-order valence-electron chi connectivity index (χ1n) is 16.4. The van der Waals surface area contributed by atoms with Crippen LogP contribution in [0.25, 0.3) is 10.9 Å². The number of esters is 2. The number of carbonyl (C=O) groups excluding carboxylic acids is 3. The third-order valence-corrected chi connectivity index (χ3v) is 9.21. The number of nitrogens with zero attached hydrogens (tertiary/aromatic N) is 6. The number of fused-ring (bicyclic) bond motifs is 1. The molecule has 2 N–H and O–H groups in total. The minimum absolute atomic E-state index is 0.0137. The lowest BCUT2D eigenvalue weighted by Crippen LogP contribution is -2.42. The van der Waals surface area contributed by atoms with Gasteiger partial charge in [0.05, 0.1) is 45.8 Å². The molecule has 2 aromatic heterocycles. The van der Waals surface area contributed by atoms with E-state index < -0.39 is 51.5 Å². The van der Waals surface area contributed by atoms with Crippen LogP contribution in [0.1, 0.15) is 67.8 Å². The molecule has 0 saturated carbocycles. The number of hydrogen-bond donors (Lipinski definition) is 2. The van der Waals surface area contributed by atoms with Gasteiger partial charge in [0.25, 0.3) is 16.6 Å². The molecule has 0 aliphatic heterocycles. The lowest BCUT2D eigenvalue weighted by molar-refractivity contribution is -0.157. The number of aromatic amines is 1. The van der Waals surface area contributed by atoms with Crippen LogP contribution in [0.2, 0.25) is 0 Å². The van der Waals surface area contributed by atoms with Crippen LogP contribution in [0.5, 0.6) is 0 Å². The number of aromatic nitrogens is 6. The normalized spacial score (nSPS) is 12.5. The number of terminal acetylenes is 1. The van der Waals surface area contributed by atoms with E-state index in [1.807, 2.05) is 6.92 Å². The van der Waals surface area contributed by atoms with Crippen molar-refractivity contribution in [2.45, 2.75) is 78.9 Å². The summed E-state index contributed by atoms with van der Waals surface area (Å²) < 4.78 is 39.7. The number of rotatable bonds is 15. The smallest absolute Gasteiger partial charge is 0.328 e. The monoisotopic (exact) mass is 736 g/mol. The van der Waals surface area contributed by atoms with Gasteiger partial charge in [-0.3, -0.25) is 23.2 Å². The fourth-order valence-corrected chi connectivity index (χ4v) is 6.00. The van der Waals surface area contributed by atoms with E-state index >= 15 is 4.39 Å². The molecule has 4 aromatic rings. The number of aryl methyl sites for hydroxylation is 2. The number of H-pyrrole nitrogens is 1. The fourth-order valence-electron chi connectivity index (χ4n) is 5.12. The van der Waals surface area contributed by atoms with Crippen LogP contribution < -0.4 is 15.8 Å². The summed E-state index contributed by atoms with van der Waals surface area (Å²) in [6.07, 6.45) is 5.98. The number of ether oxygens (including phenoxy) is 2. The van der Waals surface area contributed by atoms with E-state index in [1.54, 1.807) is 51.7 Å². The zero-order valence-electron chi connectivity index (χ0n) is 29.8. The van der Waals surface area contributed by atoms with Crippen molar-refractivity contribution in [1.29, 1.82) is 0 Å².